The Labute approximate surface area is 123 Å². The Morgan fingerprint density at radius 3 is 2.81 bits per heavy atom. The fourth-order valence-electron chi connectivity index (χ4n) is 2.19. The van der Waals surface area contributed by atoms with E-state index in [4.69, 9.17) is 9.47 Å². The molecule has 0 aliphatic carbocycles. The number of hydrogen-bond donors (Lipinski definition) is 1. The van der Waals surface area contributed by atoms with Gasteiger partial charge in [0.05, 0.1) is 23.8 Å². The molecule has 2 heterocycles. The molecule has 0 atom stereocenters. The van der Waals surface area contributed by atoms with Gasteiger partial charge in [0.1, 0.15) is 12.4 Å². The Kier molecular flexibility index (Phi) is 3.48. The van der Waals surface area contributed by atoms with Gasteiger partial charge < -0.3 is 14.5 Å². The third-order valence-electron chi connectivity index (χ3n) is 3.34. The molecule has 3 rings (SSSR count). The van der Waals surface area contributed by atoms with E-state index < -0.39 is 0 Å². The Balaban J connectivity index is 1.78. The van der Waals surface area contributed by atoms with Gasteiger partial charge in [0, 0.05) is 12.3 Å². The van der Waals surface area contributed by atoms with Crippen molar-refractivity contribution in [2.45, 2.75) is 20.5 Å². The van der Waals surface area contributed by atoms with Crippen LogP contribution in [0.15, 0.2) is 30.5 Å². The van der Waals surface area contributed by atoms with Crippen LogP contribution in [0.25, 0.3) is 11.0 Å². The van der Waals surface area contributed by atoms with Gasteiger partial charge in [-0.25, -0.2) is 0 Å². The number of nitrogens with one attached hydrogen (secondary N) is 1. The zero-order valence-electron chi connectivity index (χ0n) is 12.3. The van der Waals surface area contributed by atoms with Crippen LogP contribution in [-0.2, 0) is 6.61 Å². The van der Waals surface area contributed by atoms with E-state index in [1.54, 1.807) is 7.11 Å². The fourth-order valence-corrected chi connectivity index (χ4v) is 2.19. The molecule has 0 unspecified atom stereocenters. The molecule has 1 N–H and O–H groups in total. The number of ether oxygens (including phenoxy) is 2. The number of aromatic nitrogens is 3. The summed E-state index contributed by atoms with van der Waals surface area (Å²) in [5, 5.41) is 0. The van der Waals surface area contributed by atoms with E-state index in [9.17, 15) is 0 Å². The normalized spacial score (nSPS) is 10.8. The molecule has 0 amide bonds. The third-order valence-corrected chi connectivity index (χ3v) is 3.34. The smallest absolute Gasteiger partial charge is 0.295 e. The van der Waals surface area contributed by atoms with Crippen molar-refractivity contribution in [2.75, 3.05) is 7.11 Å². The second-order valence-corrected chi connectivity index (χ2v) is 4.99. The number of aryl methyl sites for hydroxylation is 2. The van der Waals surface area contributed by atoms with Gasteiger partial charge >= 0.3 is 0 Å². The van der Waals surface area contributed by atoms with Crippen LogP contribution < -0.4 is 9.47 Å². The topological polar surface area (TPSA) is 60.0 Å². The lowest BCUT2D eigenvalue weighted by molar-refractivity contribution is 0.279. The Morgan fingerprint density at radius 1 is 1.19 bits per heavy atom. The van der Waals surface area contributed by atoms with Gasteiger partial charge in [-0.2, -0.15) is 4.98 Å². The van der Waals surface area contributed by atoms with Gasteiger partial charge in [-0.15, -0.1) is 0 Å². The highest BCUT2D eigenvalue weighted by Gasteiger charge is 2.07. The highest BCUT2D eigenvalue weighted by atomic mass is 16.5. The van der Waals surface area contributed by atoms with Crippen molar-refractivity contribution in [3.05, 3.63) is 47.3 Å². The minimum absolute atomic E-state index is 0.392. The molecule has 5 heteroatoms. The lowest BCUT2D eigenvalue weighted by atomic mass is 10.2. The first kappa shape index (κ1) is 13.4. The molecule has 2 aromatic heterocycles. The maximum absolute atomic E-state index is 5.70. The summed E-state index contributed by atoms with van der Waals surface area (Å²) in [7, 11) is 1.64. The lowest BCUT2D eigenvalue weighted by Gasteiger charge is -2.05. The molecular formula is C16H17N3O2. The maximum Gasteiger partial charge on any atom is 0.295 e. The Morgan fingerprint density at radius 2 is 2.05 bits per heavy atom. The van der Waals surface area contributed by atoms with Crippen molar-refractivity contribution in [1.29, 1.82) is 0 Å². The molecule has 0 aliphatic heterocycles. The number of hydrogen-bond acceptors (Lipinski definition) is 4. The molecule has 0 aliphatic rings. The van der Waals surface area contributed by atoms with E-state index >= 15 is 0 Å². The lowest BCUT2D eigenvalue weighted by Crippen LogP contribution is -2.02. The summed E-state index contributed by atoms with van der Waals surface area (Å²) >= 11 is 0. The summed E-state index contributed by atoms with van der Waals surface area (Å²) in [6.07, 6.45) is 1.84. The summed E-state index contributed by atoms with van der Waals surface area (Å²) in [5.74, 6) is 0.786. The molecule has 21 heavy (non-hydrogen) atoms. The minimum Gasteiger partial charge on any atom is -0.497 e. The second-order valence-electron chi connectivity index (χ2n) is 4.99. The molecule has 3 aromatic rings. The van der Waals surface area contributed by atoms with Crippen molar-refractivity contribution in [3.63, 3.8) is 0 Å². The summed E-state index contributed by atoms with van der Waals surface area (Å²) in [5.41, 5.74) is 4.91. The minimum atomic E-state index is 0.392. The van der Waals surface area contributed by atoms with Crippen molar-refractivity contribution < 1.29 is 9.47 Å². The number of benzene rings is 1. The molecule has 5 nitrogen and oxygen atoms in total. The van der Waals surface area contributed by atoms with Crippen LogP contribution in [0.3, 0.4) is 0 Å². The standard InChI is InChI=1S/C16H17N3O2/c1-10-6-11(2)15(17-8-10)9-21-16-18-13-5-4-12(20-3)7-14(13)19-16/h4-8H,9H2,1-3H3,(H,18,19). The van der Waals surface area contributed by atoms with E-state index in [-0.39, 0.29) is 0 Å². The SMILES string of the molecule is COc1ccc2nc(OCc3ncc(C)cc3C)[nH]c2c1. The zero-order valence-corrected chi connectivity index (χ0v) is 12.3. The number of imidazole rings is 1. The average molecular weight is 283 g/mol. The van der Waals surface area contributed by atoms with Crippen LogP contribution >= 0.6 is 0 Å². The number of aromatic amines is 1. The Bertz CT molecular complexity index is 780. The number of pyridine rings is 1. The zero-order chi connectivity index (χ0) is 14.8. The number of rotatable bonds is 4. The van der Waals surface area contributed by atoms with E-state index in [0.29, 0.717) is 12.6 Å². The maximum atomic E-state index is 5.70. The highest BCUT2D eigenvalue weighted by molar-refractivity contribution is 5.77. The van der Waals surface area contributed by atoms with E-state index in [0.717, 1.165) is 33.6 Å². The van der Waals surface area contributed by atoms with Crippen molar-refractivity contribution in [2.24, 2.45) is 0 Å². The van der Waals surface area contributed by atoms with Crippen LogP contribution in [0.2, 0.25) is 0 Å². The third kappa shape index (κ3) is 2.81. The molecule has 0 saturated heterocycles. The first-order chi connectivity index (χ1) is 10.2. The summed E-state index contributed by atoms with van der Waals surface area (Å²) < 4.78 is 10.9. The van der Waals surface area contributed by atoms with E-state index in [1.807, 2.05) is 38.2 Å². The summed E-state index contributed by atoms with van der Waals surface area (Å²) in [4.78, 5) is 11.9. The molecule has 0 radical (unpaired) electrons. The van der Waals surface area contributed by atoms with Crippen molar-refractivity contribution >= 4 is 11.0 Å². The Hall–Kier alpha value is -2.56. The fraction of sp³-hybridized carbons (Fsp3) is 0.250. The van der Waals surface area contributed by atoms with Crippen LogP contribution in [0.1, 0.15) is 16.8 Å². The highest BCUT2D eigenvalue weighted by Crippen LogP contribution is 2.21. The molecule has 0 saturated carbocycles. The first-order valence-corrected chi connectivity index (χ1v) is 6.74. The van der Waals surface area contributed by atoms with Gasteiger partial charge in [-0.05, 0) is 37.1 Å². The molecule has 0 fully saturated rings. The van der Waals surface area contributed by atoms with E-state index in [2.05, 4.69) is 21.0 Å². The molecular weight excluding hydrogens is 266 g/mol. The molecule has 0 spiro atoms. The first-order valence-electron chi connectivity index (χ1n) is 6.74. The number of fused-ring (bicyclic) bond motifs is 1. The number of H-pyrrole nitrogens is 1. The average Bonchev–Trinajstić information content (AvgIpc) is 2.88. The van der Waals surface area contributed by atoms with Gasteiger partial charge in [-0.3, -0.25) is 4.98 Å². The molecule has 108 valence electrons. The molecule has 1 aromatic carbocycles. The van der Waals surface area contributed by atoms with Crippen LogP contribution in [0, 0.1) is 13.8 Å². The largest absolute Gasteiger partial charge is 0.497 e. The van der Waals surface area contributed by atoms with E-state index in [1.165, 1.54) is 0 Å². The quantitative estimate of drug-likeness (QED) is 0.799. The van der Waals surface area contributed by atoms with Crippen LogP contribution in [0.5, 0.6) is 11.8 Å². The van der Waals surface area contributed by atoms with Gasteiger partial charge in [0.15, 0.2) is 0 Å². The predicted octanol–water partition coefficient (Wildman–Crippen LogP) is 3.16. The van der Waals surface area contributed by atoms with Gasteiger partial charge in [0.2, 0.25) is 0 Å². The predicted molar refractivity (Wildman–Crippen MR) is 80.7 cm³/mol. The van der Waals surface area contributed by atoms with Crippen molar-refractivity contribution in [3.8, 4) is 11.8 Å². The summed E-state index contributed by atoms with van der Waals surface area (Å²) in [6, 6.07) is 8.24. The number of methoxy groups -OCH3 is 1. The van der Waals surface area contributed by atoms with Crippen molar-refractivity contribution in [1.82, 2.24) is 15.0 Å². The monoisotopic (exact) mass is 283 g/mol. The summed E-state index contributed by atoms with van der Waals surface area (Å²) in [6.45, 7) is 4.45. The molecule has 0 bridgehead atoms. The van der Waals surface area contributed by atoms with Gasteiger partial charge in [0.25, 0.3) is 6.01 Å². The van der Waals surface area contributed by atoms with Crippen LogP contribution in [0.4, 0.5) is 0 Å². The van der Waals surface area contributed by atoms with Crippen LogP contribution in [-0.4, -0.2) is 22.1 Å². The van der Waals surface area contributed by atoms with Gasteiger partial charge in [-0.1, -0.05) is 6.07 Å². The number of nitrogens with zero attached hydrogens (tertiary/aromatic N) is 2. The second kappa shape index (κ2) is 5.44.